The fourth-order valence-corrected chi connectivity index (χ4v) is 11.1. The third kappa shape index (κ3) is 5.24. The Bertz CT molecular complexity index is 3510. The zero-order chi connectivity index (χ0) is 40.8. The van der Waals surface area contributed by atoms with E-state index in [4.69, 9.17) is 4.42 Å². The minimum absolute atomic E-state index is 0.142. The molecule has 0 atom stereocenters. The quantitative estimate of drug-likeness (QED) is 0.167. The normalized spacial score (nSPS) is 14.0. The summed E-state index contributed by atoms with van der Waals surface area (Å²) in [6.07, 6.45) is 5.04. The molecule has 13 rings (SSSR count). The fraction of sp³-hybridized carbons (Fsp3) is 0.0847. The summed E-state index contributed by atoms with van der Waals surface area (Å²) in [4.78, 5) is 2.39. The number of aromatic nitrogens is 1. The third-order valence-electron chi connectivity index (χ3n) is 14.0. The number of hydrogen-bond acceptors (Lipinski definition) is 2. The molecular weight excluding hydrogens is 753 g/mol. The van der Waals surface area contributed by atoms with Crippen LogP contribution < -0.4 is 4.90 Å². The second-order valence-electron chi connectivity index (χ2n) is 17.2. The van der Waals surface area contributed by atoms with Gasteiger partial charge in [-0.25, -0.2) is 0 Å². The Labute approximate surface area is 360 Å². The topological polar surface area (TPSA) is 21.3 Å². The van der Waals surface area contributed by atoms with Gasteiger partial charge in [0, 0.05) is 38.6 Å². The van der Waals surface area contributed by atoms with E-state index in [1.165, 1.54) is 92.0 Å². The van der Waals surface area contributed by atoms with Crippen molar-refractivity contribution < 1.29 is 4.42 Å². The van der Waals surface area contributed by atoms with Crippen molar-refractivity contribution in [2.75, 3.05) is 4.90 Å². The predicted molar refractivity (Wildman–Crippen MR) is 258 cm³/mol. The number of anilines is 3. The number of benzene rings is 9. The van der Waals surface area contributed by atoms with E-state index in [2.05, 4.69) is 210 Å². The Morgan fingerprint density at radius 1 is 0.419 bits per heavy atom. The Morgan fingerprint density at radius 2 is 1.02 bits per heavy atom. The molecule has 3 nitrogen and oxygen atoms in total. The maximum absolute atomic E-state index is 6.44. The van der Waals surface area contributed by atoms with Gasteiger partial charge in [-0.2, -0.15) is 0 Å². The molecule has 0 saturated heterocycles. The molecule has 0 N–H and O–H groups in total. The summed E-state index contributed by atoms with van der Waals surface area (Å²) < 4.78 is 8.83. The van der Waals surface area contributed by atoms with Crippen molar-refractivity contribution in [2.24, 2.45) is 0 Å². The van der Waals surface area contributed by atoms with Crippen LogP contribution in [0.4, 0.5) is 17.1 Å². The lowest BCUT2D eigenvalue weighted by molar-refractivity contribution is 0.550. The minimum Gasteiger partial charge on any atom is -0.456 e. The molecule has 0 amide bonds. The van der Waals surface area contributed by atoms with Crippen LogP contribution in [0.1, 0.15) is 36.8 Å². The van der Waals surface area contributed by atoms with E-state index < -0.39 is 0 Å². The highest BCUT2D eigenvalue weighted by molar-refractivity contribution is 6.13. The van der Waals surface area contributed by atoms with Crippen molar-refractivity contribution in [1.29, 1.82) is 0 Å². The van der Waals surface area contributed by atoms with Crippen LogP contribution in [0.5, 0.6) is 0 Å². The lowest BCUT2D eigenvalue weighted by Crippen LogP contribution is -2.20. The van der Waals surface area contributed by atoms with Gasteiger partial charge >= 0.3 is 0 Å². The molecule has 11 aromatic rings. The molecule has 2 heterocycles. The summed E-state index contributed by atoms with van der Waals surface area (Å²) >= 11 is 0. The minimum atomic E-state index is 0.142. The number of fused-ring (bicyclic) bond motifs is 11. The second-order valence-corrected chi connectivity index (χ2v) is 17.2. The molecule has 294 valence electrons. The molecule has 2 aliphatic carbocycles. The lowest BCUT2D eigenvalue weighted by Gasteiger charge is -2.27. The van der Waals surface area contributed by atoms with Crippen molar-refractivity contribution in [3.05, 3.63) is 217 Å². The molecule has 2 aliphatic rings. The summed E-state index contributed by atoms with van der Waals surface area (Å²) in [5.41, 5.74) is 19.5. The van der Waals surface area contributed by atoms with Crippen LogP contribution in [-0.4, -0.2) is 4.57 Å². The molecule has 9 aromatic carbocycles. The van der Waals surface area contributed by atoms with Gasteiger partial charge in [0.2, 0.25) is 0 Å². The average molecular weight is 795 g/mol. The highest BCUT2D eigenvalue weighted by Gasteiger charge is 2.44. The standard InChI is InChI=1S/C59H42N2O/c1-2-13-43(14-3-1)61-53-19-8-5-16-48(53)49-34-28-42(38-55(49)61)40-25-31-45(32-26-40)60(54-20-12-22-57-58(54)50-17-6-9-21-56(50)62-57)44-29-23-39(24-30-44)41-27-33-47-46-15-4-7-18-51(46)59(52(47)37-41)35-10-11-36-59/h1-9,12-34,37-38H,10-11,35-36H2. The van der Waals surface area contributed by atoms with E-state index in [9.17, 15) is 0 Å². The molecule has 62 heavy (non-hydrogen) atoms. The van der Waals surface area contributed by atoms with Gasteiger partial charge in [0.15, 0.2) is 0 Å². The molecule has 0 unspecified atom stereocenters. The molecule has 1 spiro atoms. The van der Waals surface area contributed by atoms with Gasteiger partial charge in [-0.05, 0) is 130 Å². The van der Waals surface area contributed by atoms with Gasteiger partial charge in [-0.15, -0.1) is 0 Å². The van der Waals surface area contributed by atoms with Gasteiger partial charge in [0.25, 0.3) is 0 Å². The van der Waals surface area contributed by atoms with Crippen molar-refractivity contribution in [3.8, 4) is 39.1 Å². The van der Waals surface area contributed by atoms with Gasteiger partial charge in [0.05, 0.1) is 22.1 Å². The summed E-state index contributed by atoms with van der Waals surface area (Å²) in [6, 6.07) is 75.6. The van der Waals surface area contributed by atoms with Crippen molar-refractivity contribution in [3.63, 3.8) is 0 Å². The Balaban J connectivity index is 0.919. The van der Waals surface area contributed by atoms with E-state index in [-0.39, 0.29) is 5.41 Å². The first-order chi connectivity index (χ1) is 30.7. The molecular formula is C59H42N2O. The lowest BCUT2D eigenvalue weighted by atomic mass is 9.76. The Hall–Kier alpha value is -7.62. The highest BCUT2D eigenvalue weighted by atomic mass is 16.3. The van der Waals surface area contributed by atoms with E-state index in [0.717, 1.165) is 44.7 Å². The van der Waals surface area contributed by atoms with Crippen molar-refractivity contribution >= 4 is 60.8 Å². The maximum Gasteiger partial charge on any atom is 0.137 e. The van der Waals surface area contributed by atoms with E-state index in [0.29, 0.717) is 0 Å². The number of furan rings is 1. The first-order valence-electron chi connectivity index (χ1n) is 22.0. The van der Waals surface area contributed by atoms with E-state index >= 15 is 0 Å². The summed E-state index contributed by atoms with van der Waals surface area (Å²) in [5.74, 6) is 0. The van der Waals surface area contributed by atoms with Crippen molar-refractivity contribution in [1.82, 2.24) is 4.57 Å². The molecule has 2 aromatic heterocycles. The number of rotatable bonds is 6. The third-order valence-corrected chi connectivity index (χ3v) is 14.0. The van der Waals surface area contributed by atoms with E-state index in [1.54, 1.807) is 0 Å². The van der Waals surface area contributed by atoms with Gasteiger partial charge in [0.1, 0.15) is 11.2 Å². The first kappa shape index (κ1) is 35.2. The van der Waals surface area contributed by atoms with Gasteiger partial charge in [-0.1, -0.05) is 146 Å². The molecule has 0 bridgehead atoms. The highest BCUT2D eigenvalue weighted by Crippen LogP contribution is 2.57. The summed E-state index contributed by atoms with van der Waals surface area (Å²) in [5, 5.41) is 4.73. The molecule has 1 fully saturated rings. The van der Waals surface area contributed by atoms with Crippen LogP contribution in [0.15, 0.2) is 211 Å². The largest absolute Gasteiger partial charge is 0.456 e. The van der Waals surface area contributed by atoms with E-state index in [1.807, 2.05) is 6.07 Å². The number of para-hydroxylation sites is 3. The zero-order valence-corrected chi connectivity index (χ0v) is 34.3. The Kier molecular flexibility index (Phi) is 7.77. The van der Waals surface area contributed by atoms with Crippen molar-refractivity contribution in [2.45, 2.75) is 31.1 Å². The second kappa shape index (κ2) is 13.7. The fourth-order valence-electron chi connectivity index (χ4n) is 11.1. The number of nitrogens with zero attached hydrogens (tertiary/aromatic N) is 2. The summed E-state index contributed by atoms with van der Waals surface area (Å²) in [6.45, 7) is 0. The van der Waals surface area contributed by atoms with Gasteiger partial charge < -0.3 is 13.9 Å². The maximum atomic E-state index is 6.44. The van der Waals surface area contributed by atoms with Crippen LogP contribution in [0, 0.1) is 0 Å². The predicted octanol–water partition coefficient (Wildman–Crippen LogP) is 16.3. The molecule has 0 radical (unpaired) electrons. The average Bonchev–Trinajstić information content (AvgIpc) is 4.12. The monoisotopic (exact) mass is 794 g/mol. The van der Waals surface area contributed by atoms with Crippen LogP contribution >= 0.6 is 0 Å². The van der Waals surface area contributed by atoms with Gasteiger partial charge in [-0.3, -0.25) is 0 Å². The SMILES string of the molecule is c1ccc(-n2c3ccccc3c3ccc(-c4ccc(N(c5ccc(-c6ccc7c(c6)C6(CCCC6)c6ccccc6-7)cc5)c5cccc6oc7ccccc7c56)cc4)cc32)cc1. The van der Waals surface area contributed by atoms with Crippen LogP contribution in [0.2, 0.25) is 0 Å². The molecule has 1 saturated carbocycles. The van der Waals surface area contributed by atoms with Crippen LogP contribution in [0.25, 0.3) is 82.8 Å². The molecule has 0 aliphatic heterocycles. The summed E-state index contributed by atoms with van der Waals surface area (Å²) in [7, 11) is 0. The molecule has 3 heteroatoms. The first-order valence-corrected chi connectivity index (χ1v) is 22.0. The van der Waals surface area contributed by atoms with Crippen LogP contribution in [-0.2, 0) is 5.41 Å². The zero-order valence-electron chi connectivity index (χ0n) is 34.3. The number of hydrogen-bond donors (Lipinski definition) is 0. The smallest absolute Gasteiger partial charge is 0.137 e. The van der Waals surface area contributed by atoms with Crippen LogP contribution in [0.3, 0.4) is 0 Å². The Morgan fingerprint density at radius 3 is 1.81 bits per heavy atom.